The summed E-state index contributed by atoms with van der Waals surface area (Å²) in [7, 11) is 0. The molecule has 0 aromatic heterocycles. The number of halogens is 3. The van der Waals surface area contributed by atoms with Crippen molar-refractivity contribution < 1.29 is 22.8 Å². The van der Waals surface area contributed by atoms with Gasteiger partial charge in [-0.1, -0.05) is 30.3 Å². The third kappa shape index (κ3) is 4.47. The number of hydrogen-bond donors (Lipinski definition) is 1. The lowest BCUT2D eigenvalue weighted by Gasteiger charge is -2.17. The molecular weight excluding hydrogens is 285 g/mol. The minimum atomic E-state index is -4.44. The first kappa shape index (κ1) is 15.3. The van der Waals surface area contributed by atoms with Crippen LogP contribution >= 0.6 is 0 Å². The van der Waals surface area contributed by atoms with Crippen molar-refractivity contribution in [3.63, 3.8) is 0 Å². The summed E-state index contributed by atoms with van der Waals surface area (Å²) >= 11 is 0. The van der Waals surface area contributed by atoms with Crippen LogP contribution < -0.4 is 5.32 Å². The van der Waals surface area contributed by atoms with E-state index in [0.717, 1.165) is 5.56 Å². The topological polar surface area (TPSA) is 49.4 Å². The molecule has 4 nitrogen and oxygen atoms in total. The van der Waals surface area contributed by atoms with Gasteiger partial charge in [0.15, 0.2) is 0 Å². The molecule has 0 bridgehead atoms. The molecule has 1 N–H and O–H groups in total. The highest BCUT2D eigenvalue weighted by molar-refractivity contribution is 5.89. The second-order valence-electron chi connectivity index (χ2n) is 4.99. The minimum Gasteiger partial charge on any atom is -0.347 e. The van der Waals surface area contributed by atoms with Gasteiger partial charge in [0.2, 0.25) is 11.8 Å². The summed E-state index contributed by atoms with van der Waals surface area (Å²) in [6.07, 6.45) is -4.49. The minimum absolute atomic E-state index is 0.0451. The zero-order chi connectivity index (χ0) is 15.5. The Morgan fingerprint density at radius 2 is 1.95 bits per heavy atom. The van der Waals surface area contributed by atoms with Crippen molar-refractivity contribution in [2.75, 3.05) is 13.1 Å². The van der Waals surface area contributed by atoms with E-state index in [1.807, 2.05) is 35.6 Å². The van der Waals surface area contributed by atoms with E-state index in [9.17, 15) is 22.8 Å². The Hall–Kier alpha value is -2.05. The maximum Gasteiger partial charge on any atom is 0.405 e. The van der Waals surface area contributed by atoms with Crippen molar-refractivity contribution >= 4 is 11.8 Å². The number of alkyl halides is 3. The average Bonchev–Trinajstić information content (AvgIpc) is 2.78. The number of amides is 2. The Balaban J connectivity index is 1.89. The molecule has 2 amide bonds. The second-order valence-corrected chi connectivity index (χ2v) is 4.99. The fourth-order valence-corrected chi connectivity index (χ4v) is 2.24. The molecule has 1 atom stereocenters. The SMILES string of the molecule is O=C(NCC(F)(F)F)C1CC(=O)N(Cc2ccccc2)C1. The van der Waals surface area contributed by atoms with Gasteiger partial charge in [-0.3, -0.25) is 9.59 Å². The molecule has 2 rings (SSSR count). The molecule has 1 fully saturated rings. The van der Waals surface area contributed by atoms with Crippen LogP contribution in [0.15, 0.2) is 30.3 Å². The lowest BCUT2D eigenvalue weighted by atomic mass is 10.1. The van der Waals surface area contributed by atoms with Gasteiger partial charge in [0, 0.05) is 19.5 Å². The molecule has 1 unspecified atom stereocenters. The quantitative estimate of drug-likeness (QED) is 0.920. The lowest BCUT2D eigenvalue weighted by Crippen LogP contribution is -2.38. The van der Waals surface area contributed by atoms with Crippen LogP contribution in [0.2, 0.25) is 0 Å². The lowest BCUT2D eigenvalue weighted by molar-refractivity contribution is -0.140. The fraction of sp³-hybridized carbons (Fsp3) is 0.429. The standard InChI is InChI=1S/C14H15F3N2O2/c15-14(16,17)9-18-13(21)11-6-12(20)19(8-11)7-10-4-2-1-3-5-10/h1-5,11H,6-9H2,(H,18,21). The molecule has 1 aromatic rings. The van der Waals surface area contributed by atoms with E-state index in [-0.39, 0.29) is 18.9 Å². The van der Waals surface area contributed by atoms with Gasteiger partial charge in [0.05, 0.1) is 5.92 Å². The van der Waals surface area contributed by atoms with Crippen molar-refractivity contribution in [2.45, 2.75) is 19.1 Å². The Morgan fingerprint density at radius 3 is 2.57 bits per heavy atom. The molecule has 0 aliphatic carbocycles. The third-order valence-electron chi connectivity index (χ3n) is 3.26. The van der Waals surface area contributed by atoms with Gasteiger partial charge in [-0.25, -0.2) is 0 Å². The molecule has 21 heavy (non-hydrogen) atoms. The van der Waals surface area contributed by atoms with Crippen LogP contribution in [0.3, 0.4) is 0 Å². The first-order valence-electron chi connectivity index (χ1n) is 6.51. The van der Waals surface area contributed by atoms with Gasteiger partial charge in [0.25, 0.3) is 0 Å². The van der Waals surface area contributed by atoms with Gasteiger partial charge < -0.3 is 10.2 Å². The van der Waals surface area contributed by atoms with Crippen LogP contribution in [-0.4, -0.2) is 36.0 Å². The number of carbonyl (C=O) groups is 2. The molecule has 1 heterocycles. The van der Waals surface area contributed by atoms with Crippen LogP contribution in [0, 0.1) is 5.92 Å². The molecule has 1 aromatic carbocycles. The summed E-state index contributed by atoms with van der Waals surface area (Å²) in [5.41, 5.74) is 0.919. The van der Waals surface area contributed by atoms with E-state index >= 15 is 0 Å². The highest BCUT2D eigenvalue weighted by Gasteiger charge is 2.36. The van der Waals surface area contributed by atoms with Crippen LogP contribution in [0.25, 0.3) is 0 Å². The first-order valence-corrected chi connectivity index (χ1v) is 6.51. The molecule has 1 aliphatic heterocycles. The average molecular weight is 300 g/mol. The van der Waals surface area contributed by atoms with E-state index in [4.69, 9.17) is 0 Å². The van der Waals surface area contributed by atoms with Crippen molar-refractivity contribution in [1.82, 2.24) is 10.2 Å². The Bertz CT molecular complexity index is 517. The summed E-state index contributed by atoms with van der Waals surface area (Å²) in [5.74, 6) is -1.66. The summed E-state index contributed by atoms with van der Waals surface area (Å²) < 4.78 is 36.2. The maximum absolute atomic E-state index is 12.1. The highest BCUT2D eigenvalue weighted by Crippen LogP contribution is 2.21. The van der Waals surface area contributed by atoms with Crippen molar-refractivity contribution in [1.29, 1.82) is 0 Å². The van der Waals surface area contributed by atoms with Gasteiger partial charge >= 0.3 is 6.18 Å². The zero-order valence-electron chi connectivity index (χ0n) is 11.2. The predicted octanol–water partition coefficient (Wildman–Crippen LogP) is 1.71. The van der Waals surface area contributed by atoms with Gasteiger partial charge in [-0.15, -0.1) is 0 Å². The van der Waals surface area contributed by atoms with Gasteiger partial charge in [0.1, 0.15) is 6.54 Å². The smallest absolute Gasteiger partial charge is 0.347 e. The maximum atomic E-state index is 12.1. The van der Waals surface area contributed by atoms with E-state index < -0.39 is 24.5 Å². The number of nitrogens with one attached hydrogen (secondary N) is 1. The van der Waals surface area contributed by atoms with E-state index in [1.54, 1.807) is 0 Å². The van der Waals surface area contributed by atoms with E-state index in [1.165, 1.54) is 4.90 Å². The van der Waals surface area contributed by atoms with Crippen molar-refractivity contribution in [2.24, 2.45) is 5.92 Å². The van der Waals surface area contributed by atoms with Crippen molar-refractivity contribution in [3.8, 4) is 0 Å². The van der Waals surface area contributed by atoms with E-state index in [0.29, 0.717) is 6.54 Å². The molecule has 0 spiro atoms. The zero-order valence-corrected chi connectivity index (χ0v) is 11.2. The normalized spacial score (nSPS) is 18.9. The summed E-state index contributed by atoms with van der Waals surface area (Å²) in [6.45, 7) is -0.852. The summed E-state index contributed by atoms with van der Waals surface area (Å²) in [4.78, 5) is 25.0. The molecule has 1 aliphatic rings. The van der Waals surface area contributed by atoms with Gasteiger partial charge in [-0.2, -0.15) is 13.2 Å². The van der Waals surface area contributed by atoms with Crippen molar-refractivity contribution in [3.05, 3.63) is 35.9 Å². The number of benzene rings is 1. The second kappa shape index (κ2) is 6.15. The van der Waals surface area contributed by atoms with Crippen LogP contribution in [-0.2, 0) is 16.1 Å². The molecular formula is C14H15F3N2O2. The summed E-state index contributed by atoms with van der Waals surface area (Å²) in [5, 5.41) is 1.83. The predicted molar refractivity (Wildman–Crippen MR) is 69.0 cm³/mol. The third-order valence-corrected chi connectivity index (χ3v) is 3.26. The number of hydrogen-bond acceptors (Lipinski definition) is 2. The largest absolute Gasteiger partial charge is 0.405 e. The number of rotatable bonds is 4. The van der Waals surface area contributed by atoms with Crippen LogP contribution in [0.4, 0.5) is 13.2 Å². The van der Waals surface area contributed by atoms with Crippen LogP contribution in [0.1, 0.15) is 12.0 Å². The number of carbonyl (C=O) groups excluding carboxylic acids is 2. The highest BCUT2D eigenvalue weighted by atomic mass is 19.4. The number of nitrogens with zero attached hydrogens (tertiary/aromatic N) is 1. The summed E-state index contributed by atoms with van der Waals surface area (Å²) in [6, 6.07) is 9.23. The molecule has 0 radical (unpaired) electrons. The molecule has 7 heteroatoms. The molecule has 0 saturated carbocycles. The Kier molecular flexibility index (Phi) is 4.50. The van der Waals surface area contributed by atoms with E-state index in [2.05, 4.69) is 0 Å². The molecule has 114 valence electrons. The molecule has 1 saturated heterocycles. The van der Waals surface area contributed by atoms with Gasteiger partial charge in [-0.05, 0) is 5.56 Å². The monoisotopic (exact) mass is 300 g/mol. The Morgan fingerprint density at radius 1 is 1.29 bits per heavy atom. The van der Waals surface area contributed by atoms with Crippen LogP contribution in [0.5, 0.6) is 0 Å². The number of likely N-dealkylation sites (tertiary alicyclic amines) is 1. The fourth-order valence-electron chi connectivity index (χ4n) is 2.24. The first-order chi connectivity index (χ1) is 9.85. The Labute approximate surface area is 119 Å².